The molecule has 1 fully saturated rings. The Balaban J connectivity index is 1.43. The molecule has 3 aliphatic heterocycles. The fraction of sp³-hybridized carbons (Fsp3) is 0.458. The van der Waals surface area contributed by atoms with E-state index in [1.54, 1.807) is 0 Å². The Morgan fingerprint density at radius 2 is 1.55 bits per heavy atom. The number of nitrogens with zero attached hydrogens (tertiary/aromatic N) is 2. The average Bonchev–Trinajstić information content (AvgIpc) is 2.94. The first-order valence-corrected chi connectivity index (χ1v) is 11.0. The molecule has 0 aliphatic carbocycles. The molecule has 6 nitrogen and oxygen atoms in total. The van der Waals surface area contributed by atoms with Gasteiger partial charge < -0.3 is 23.8 Å². The summed E-state index contributed by atoms with van der Waals surface area (Å²) in [5.74, 6) is -0.265. The Labute approximate surface area is 184 Å². The number of rotatable bonds is 3. The van der Waals surface area contributed by atoms with E-state index in [9.17, 15) is 4.79 Å². The maximum absolute atomic E-state index is 12.2. The Morgan fingerprint density at radius 1 is 0.968 bits per heavy atom. The molecule has 0 N–H and O–H groups in total. The van der Waals surface area contributed by atoms with Gasteiger partial charge >= 0.3 is 13.1 Å². The van der Waals surface area contributed by atoms with Crippen molar-refractivity contribution in [2.75, 3.05) is 23.1 Å². The van der Waals surface area contributed by atoms with Crippen molar-refractivity contribution in [1.82, 2.24) is 0 Å². The highest BCUT2D eigenvalue weighted by Crippen LogP contribution is 2.39. The van der Waals surface area contributed by atoms with Crippen molar-refractivity contribution >= 4 is 29.9 Å². The van der Waals surface area contributed by atoms with E-state index in [0.29, 0.717) is 12.2 Å². The molecule has 3 heterocycles. The van der Waals surface area contributed by atoms with Crippen LogP contribution in [0.2, 0.25) is 0 Å². The molecule has 0 atom stereocenters. The van der Waals surface area contributed by atoms with E-state index in [0.717, 1.165) is 30.8 Å². The molecule has 31 heavy (non-hydrogen) atoms. The molecular formula is C24H29BN2O4. The first-order valence-electron chi connectivity index (χ1n) is 11.0. The normalized spacial score (nSPS) is 20.4. The van der Waals surface area contributed by atoms with Gasteiger partial charge in [0.25, 0.3) is 0 Å². The summed E-state index contributed by atoms with van der Waals surface area (Å²) in [6.07, 6.45) is 0. The minimum absolute atomic E-state index is 0.265. The Bertz CT molecular complexity index is 1040. The van der Waals surface area contributed by atoms with Crippen LogP contribution >= 0.6 is 0 Å². The van der Waals surface area contributed by atoms with Gasteiger partial charge in [0, 0.05) is 24.5 Å². The van der Waals surface area contributed by atoms with Gasteiger partial charge in [0.15, 0.2) is 0 Å². The molecule has 1 saturated heterocycles. The summed E-state index contributed by atoms with van der Waals surface area (Å²) < 4.78 is 17.7. The van der Waals surface area contributed by atoms with E-state index >= 15 is 0 Å². The van der Waals surface area contributed by atoms with Crippen LogP contribution in [-0.2, 0) is 27.1 Å². The van der Waals surface area contributed by atoms with Crippen molar-refractivity contribution in [2.45, 2.75) is 58.9 Å². The second-order valence-electron chi connectivity index (χ2n) is 9.58. The van der Waals surface area contributed by atoms with Crippen LogP contribution in [0.4, 0.5) is 11.4 Å². The lowest BCUT2D eigenvalue weighted by molar-refractivity contribution is 0.00578. The van der Waals surface area contributed by atoms with Crippen molar-refractivity contribution in [3.63, 3.8) is 0 Å². The molecule has 0 aromatic heterocycles. The molecule has 0 radical (unpaired) electrons. The number of carbonyl (C=O) groups is 1. The smallest absolute Gasteiger partial charge is 0.462 e. The van der Waals surface area contributed by atoms with Crippen LogP contribution in [0.15, 0.2) is 36.4 Å². The lowest BCUT2D eigenvalue weighted by Crippen LogP contribution is -2.47. The maximum Gasteiger partial charge on any atom is 0.494 e. The number of anilines is 2. The number of benzene rings is 2. The molecule has 0 saturated carbocycles. The standard InChI is InChI=1S/C24H29BN2O4/c1-6-29-22(28)16-7-9-20-17(11-16)13-26-15-27(20)14-18-12-19(8-10-21(18)26)25-30-23(2,3)24(4,5)31-25/h7-12H,6,13-15H2,1-5H3. The van der Waals surface area contributed by atoms with Crippen molar-refractivity contribution < 1.29 is 18.8 Å². The second kappa shape index (κ2) is 7.00. The van der Waals surface area contributed by atoms with Crippen LogP contribution in [0, 0.1) is 0 Å². The van der Waals surface area contributed by atoms with Crippen LogP contribution in [0.25, 0.3) is 0 Å². The zero-order valence-electron chi connectivity index (χ0n) is 18.9. The van der Waals surface area contributed by atoms with Crippen molar-refractivity contribution in [1.29, 1.82) is 0 Å². The number of fused-ring (bicyclic) bond motifs is 6. The van der Waals surface area contributed by atoms with Gasteiger partial charge in [-0.1, -0.05) is 12.1 Å². The summed E-state index contributed by atoms with van der Waals surface area (Å²) in [5.41, 5.74) is 5.77. The summed E-state index contributed by atoms with van der Waals surface area (Å²) >= 11 is 0. The molecule has 2 bridgehead atoms. The zero-order valence-corrected chi connectivity index (χ0v) is 18.9. The molecule has 0 spiro atoms. The highest BCUT2D eigenvalue weighted by molar-refractivity contribution is 6.62. The lowest BCUT2D eigenvalue weighted by Gasteiger charge is -2.45. The molecule has 162 valence electrons. The minimum Gasteiger partial charge on any atom is -0.462 e. The number of ether oxygens (including phenoxy) is 1. The van der Waals surface area contributed by atoms with E-state index in [-0.39, 0.29) is 24.3 Å². The Kier molecular flexibility index (Phi) is 4.61. The molecule has 7 heteroatoms. The van der Waals surface area contributed by atoms with Crippen LogP contribution in [-0.4, -0.2) is 37.6 Å². The maximum atomic E-state index is 12.2. The van der Waals surface area contributed by atoms with Gasteiger partial charge in [0.1, 0.15) is 0 Å². The molecule has 0 amide bonds. The van der Waals surface area contributed by atoms with E-state index in [4.69, 9.17) is 14.0 Å². The molecule has 2 aromatic rings. The second-order valence-corrected chi connectivity index (χ2v) is 9.58. The number of hydrogen-bond donors (Lipinski definition) is 0. The van der Waals surface area contributed by atoms with E-state index in [1.807, 2.05) is 25.1 Å². The van der Waals surface area contributed by atoms with Gasteiger partial charge in [0.2, 0.25) is 0 Å². The van der Waals surface area contributed by atoms with Crippen molar-refractivity contribution in [3.05, 3.63) is 53.1 Å². The van der Waals surface area contributed by atoms with Crippen molar-refractivity contribution in [2.24, 2.45) is 0 Å². The van der Waals surface area contributed by atoms with Gasteiger partial charge in [-0.3, -0.25) is 0 Å². The third kappa shape index (κ3) is 3.31. The van der Waals surface area contributed by atoms with Gasteiger partial charge in [-0.25, -0.2) is 4.79 Å². The van der Waals surface area contributed by atoms with E-state index < -0.39 is 0 Å². The predicted molar refractivity (Wildman–Crippen MR) is 122 cm³/mol. The molecule has 2 aromatic carbocycles. The third-order valence-corrected chi connectivity index (χ3v) is 6.96. The first kappa shape index (κ1) is 20.4. The van der Waals surface area contributed by atoms with Crippen LogP contribution in [0.1, 0.15) is 56.1 Å². The average molecular weight is 420 g/mol. The van der Waals surface area contributed by atoms with Gasteiger partial charge in [-0.05, 0) is 75.5 Å². The highest BCUT2D eigenvalue weighted by Gasteiger charge is 2.51. The van der Waals surface area contributed by atoms with Crippen LogP contribution in [0.5, 0.6) is 0 Å². The third-order valence-electron chi connectivity index (χ3n) is 6.96. The SMILES string of the molecule is CCOC(=O)c1ccc2c(c1)CN1CN2Cc2cc(B3OC(C)(C)C(C)(C)O3)ccc21. The Hall–Kier alpha value is -2.51. The number of hydrogen-bond acceptors (Lipinski definition) is 6. The zero-order chi connectivity index (χ0) is 22.0. The quantitative estimate of drug-likeness (QED) is 0.560. The Morgan fingerprint density at radius 3 is 2.16 bits per heavy atom. The molecule has 5 rings (SSSR count). The summed E-state index contributed by atoms with van der Waals surface area (Å²) in [4.78, 5) is 16.9. The molecule has 0 unspecified atom stereocenters. The van der Waals surface area contributed by atoms with Crippen LogP contribution < -0.4 is 15.3 Å². The number of carbonyl (C=O) groups excluding carboxylic acids is 1. The predicted octanol–water partition coefficient (Wildman–Crippen LogP) is 3.46. The molecular weight excluding hydrogens is 391 g/mol. The summed E-state index contributed by atoms with van der Waals surface area (Å²) in [7, 11) is -0.360. The van der Waals surface area contributed by atoms with E-state index in [1.165, 1.54) is 16.9 Å². The van der Waals surface area contributed by atoms with Crippen LogP contribution in [0.3, 0.4) is 0 Å². The van der Waals surface area contributed by atoms with Gasteiger partial charge in [-0.15, -0.1) is 0 Å². The summed E-state index contributed by atoms with van der Waals surface area (Å²) in [5, 5.41) is 0. The monoisotopic (exact) mass is 420 g/mol. The first-order chi connectivity index (χ1) is 14.7. The highest BCUT2D eigenvalue weighted by atomic mass is 16.7. The summed E-state index contributed by atoms with van der Waals surface area (Å²) in [6.45, 7) is 12.9. The lowest BCUT2D eigenvalue weighted by atomic mass is 9.77. The fourth-order valence-electron chi connectivity index (χ4n) is 4.57. The minimum atomic E-state index is -0.360. The van der Waals surface area contributed by atoms with E-state index in [2.05, 4.69) is 55.7 Å². The summed E-state index contributed by atoms with van der Waals surface area (Å²) in [6, 6.07) is 12.4. The largest absolute Gasteiger partial charge is 0.494 e. The fourth-order valence-corrected chi connectivity index (χ4v) is 4.57. The number of esters is 1. The molecule has 3 aliphatic rings. The van der Waals surface area contributed by atoms with Gasteiger partial charge in [0.05, 0.1) is 30.0 Å². The topological polar surface area (TPSA) is 51.2 Å². The van der Waals surface area contributed by atoms with Gasteiger partial charge in [-0.2, -0.15) is 0 Å². The van der Waals surface area contributed by atoms with Crippen molar-refractivity contribution in [3.8, 4) is 0 Å².